The zero-order valence-electron chi connectivity index (χ0n) is 9.57. The van der Waals surface area contributed by atoms with Crippen LogP contribution in [0.25, 0.3) is 0 Å². The van der Waals surface area contributed by atoms with E-state index in [4.69, 9.17) is 4.74 Å². The molecule has 0 radical (unpaired) electrons. The van der Waals surface area contributed by atoms with E-state index in [-0.39, 0.29) is 5.56 Å². The zero-order valence-corrected chi connectivity index (χ0v) is 9.57. The fourth-order valence-electron chi connectivity index (χ4n) is 1.27. The number of halogens is 1. The Hall–Kier alpha value is -1.45. The van der Waals surface area contributed by atoms with Crippen molar-refractivity contribution in [2.45, 2.75) is 26.7 Å². The van der Waals surface area contributed by atoms with Crippen molar-refractivity contribution >= 4 is 5.97 Å². The average Bonchev–Trinajstić information content (AvgIpc) is 2.24. The lowest BCUT2D eigenvalue weighted by molar-refractivity contribution is 0.0494. The minimum Gasteiger partial charge on any atom is -0.462 e. The van der Waals surface area contributed by atoms with Gasteiger partial charge in [-0.3, -0.25) is 0 Å². The number of carbonyl (C=O) groups is 1. The van der Waals surface area contributed by atoms with Crippen LogP contribution < -0.4 is 0 Å². The molecule has 0 aliphatic rings. The topological polar surface area (TPSA) is 39.2 Å². The highest BCUT2D eigenvalue weighted by Crippen LogP contribution is 2.06. The number of hydrogen-bond donors (Lipinski definition) is 0. The van der Waals surface area contributed by atoms with E-state index in [1.54, 1.807) is 0 Å². The summed E-state index contributed by atoms with van der Waals surface area (Å²) in [5, 5.41) is 0. The predicted octanol–water partition coefficient (Wildman–Crippen LogP) is 2.81. The molecule has 0 bridgehead atoms. The second kappa shape index (κ2) is 6.20. The molecule has 1 aromatic rings. The van der Waals surface area contributed by atoms with Crippen LogP contribution in [0.5, 0.6) is 0 Å². The maximum atomic E-state index is 12.7. The largest absolute Gasteiger partial charge is 0.462 e. The van der Waals surface area contributed by atoms with E-state index < -0.39 is 11.9 Å². The molecule has 0 amide bonds. The molecular weight excluding hydrogens is 209 g/mol. The second-order valence-electron chi connectivity index (χ2n) is 4.04. The lowest BCUT2D eigenvalue weighted by Gasteiger charge is -2.06. The van der Waals surface area contributed by atoms with Crippen LogP contribution in [0.1, 0.15) is 37.0 Å². The van der Waals surface area contributed by atoms with Gasteiger partial charge in [0.1, 0.15) is 0 Å². The molecule has 0 fully saturated rings. The third kappa shape index (κ3) is 4.38. The van der Waals surface area contributed by atoms with Crippen LogP contribution >= 0.6 is 0 Å². The molecule has 0 saturated carbocycles. The first-order chi connectivity index (χ1) is 7.59. The summed E-state index contributed by atoms with van der Waals surface area (Å²) in [5.74, 6) is -0.571. The van der Waals surface area contributed by atoms with Crippen molar-refractivity contribution in [2.75, 3.05) is 6.61 Å². The standard InChI is InChI=1S/C12H16FNO2/c1-9(2)4-3-7-16-12(15)10-5-6-14-11(13)8-10/h5-6,8-9H,3-4,7H2,1-2H3. The summed E-state index contributed by atoms with van der Waals surface area (Å²) in [5.41, 5.74) is 0.206. The Balaban J connectivity index is 2.35. The van der Waals surface area contributed by atoms with Crippen molar-refractivity contribution in [3.05, 3.63) is 29.8 Å². The van der Waals surface area contributed by atoms with Crippen molar-refractivity contribution < 1.29 is 13.9 Å². The van der Waals surface area contributed by atoms with E-state index in [9.17, 15) is 9.18 Å². The molecule has 0 saturated heterocycles. The molecule has 1 heterocycles. The number of aromatic nitrogens is 1. The Labute approximate surface area is 94.6 Å². The van der Waals surface area contributed by atoms with Gasteiger partial charge in [-0.15, -0.1) is 0 Å². The van der Waals surface area contributed by atoms with E-state index >= 15 is 0 Å². The molecule has 1 rings (SSSR count). The van der Waals surface area contributed by atoms with Crippen molar-refractivity contribution in [1.82, 2.24) is 4.98 Å². The summed E-state index contributed by atoms with van der Waals surface area (Å²) in [6.07, 6.45) is 3.09. The van der Waals surface area contributed by atoms with E-state index in [1.165, 1.54) is 12.3 Å². The fourth-order valence-corrected chi connectivity index (χ4v) is 1.27. The minimum absolute atomic E-state index is 0.206. The molecule has 1 aromatic heterocycles. The maximum Gasteiger partial charge on any atom is 0.338 e. The van der Waals surface area contributed by atoms with Gasteiger partial charge in [-0.1, -0.05) is 13.8 Å². The smallest absolute Gasteiger partial charge is 0.338 e. The number of hydrogen-bond acceptors (Lipinski definition) is 3. The van der Waals surface area contributed by atoms with Gasteiger partial charge in [0.05, 0.1) is 12.2 Å². The molecule has 4 heteroatoms. The number of nitrogens with zero attached hydrogens (tertiary/aromatic N) is 1. The van der Waals surface area contributed by atoms with E-state index in [0.717, 1.165) is 18.9 Å². The van der Waals surface area contributed by atoms with Gasteiger partial charge in [0.15, 0.2) is 0 Å². The quantitative estimate of drug-likeness (QED) is 0.439. The molecule has 0 unspecified atom stereocenters. The minimum atomic E-state index is -0.670. The summed E-state index contributed by atoms with van der Waals surface area (Å²) < 4.78 is 17.7. The number of pyridine rings is 1. The molecule has 0 atom stereocenters. The SMILES string of the molecule is CC(C)CCCOC(=O)c1ccnc(F)c1. The van der Waals surface area contributed by atoms with Crippen molar-refractivity contribution in [1.29, 1.82) is 0 Å². The second-order valence-corrected chi connectivity index (χ2v) is 4.04. The van der Waals surface area contributed by atoms with Crippen LogP contribution in [0.2, 0.25) is 0 Å². The van der Waals surface area contributed by atoms with Crippen LogP contribution in [0.4, 0.5) is 4.39 Å². The van der Waals surface area contributed by atoms with Gasteiger partial charge in [0.25, 0.3) is 0 Å². The first-order valence-electron chi connectivity index (χ1n) is 5.38. The summed E-state index contributed by atoms with van der Waals surface area (Å²) in [7, 11) is 0. The molecule has 88 valence electrons. The van der Waals surface area contributed by atoms with Gasteiger partial charge < -0.3 is 4.74 Å². The van der Waals surface area contributed by atoms with Crippen molar-refractivity contribution in [3.63, 3.8) is 0 Å². The third-order valence-electron chi connectivity index (χ3n) is 2.12. The van der Waals surface area contributed by atoms with Crippen LogP contribution in [0.3, 0.4) is 0 Å². The molecule has 0 aliphatic carbocycles. The van der Waals surface area contributed by atoms with Gasteiger partial charge in [-0.2, -0.15) is 4.39 Å². The maximum absolute atomic E-state index is 12.7. The summed E-state index contributed by atoms with van der Waals surface area (Å²) in [6.45, 7) is 4.60. The fraction of sp³-hybridized carbons (Fsp3) is 0.500. The summed E-state index contributed by atoms with van der Waals surface area (Å²) >= 11 is 0. The van der Waals surface area contributed by atoms with Gasteiger partial charge >= 0.3 is 5.97 Å². The van der Waals surface area contributed by atoms with Crippen molar-refractivity contribution in [3.8, 4) is 0 Å². The van der Waals surface area contributed by atoms with Gasteiger partial charge in [-0.05, 0) is 24.8 Å². The first kappa shape index (κ1) is 12.6. The Kier molecular flexibility index (Phi) is 4.89. The lowest BCUT2D eigenvalue weighted by atomic mass is 10.1. The van der Waals surface area contributed by atoms with Crippen molar-refractivity contribution in [2.24, 2.45) is 5.92 Å². The zero-order chi connectivity index (χ0) is 12.0. The monoisotopic (exact) mass is 225 g/mol. The van der Waals surface area contributed by atoms with Crippen LogP contribution in [0, 0.1) is 11.9 Å². The Bertz CT molecular complexity index is 353. The number of ether oxygens (including phenoxy) is 1. The summed E-state index contributed by atoms with van der Waals surface area (Å²) in [4.78, 5) is 14.8. The molecule has 0 aromatic carbocycles. The van der Waals surface area contributed by atoms with Gasteiger partial charge in [-0.25, -0.2) is 9.78 Å². The normalized spacial score (nSPS) is 10.5. The molecular formula is C12H16FNO2. The Morgan fingerprint density at radius 1 is 1.56 bits per heavy atom. The average molecular weight is 225 g/mol. The third-order valence-corrected chi connectivity index (χ3v) is 2.12. The number of carbonyl (C=O) groups excluding carboxylic acids is 1. The van der Waals surface area contributed by atoms with Gasteiger partial charge in [0.2, 0.25) is 5.95 Å². The summed E-state index contributed by atoms with van der Waals surface area (Å²) in [6, 6.07) is 2.51. The highest BCUT2D eigenvalue weighted by molar-refractivity contribution is 5.89. The van der Waals surface area contributed by atoms with Crippen LogP contribution in [-0.4, -0.2) is 17.6 Å². The van der Waals surface area contributed by atoms with E-state index in [2.05, 4.69) is 18.8 Å². The Morgan fingerprint density at radius 2 is 2.31 bits per heavy atom. The molecule has 0 aliphatic heterocycles. The van der Waals surface area contributed by atoms with Crippen LogP contribution in [0.15, 0.2) is 18.3 Å². The van der Waals surface area contributed by atoms with E-state index in [0.29, 0.717) is 12.5 Å². The van der Waals surface area contributed by atoms with Crippen LogP contribution in [-0.2, 0) is 4.74 Å². The number of esters is 1. The van der Waals surface area contributed by atoms with E-state index in [1.807, 2.05) is 0 Å². The molecule has 0 spiro atoms. The highest BCUT2D eigenvalue weighted by Gasteiger charge is 2.08. The highest BCUT2D eigenvalue weighted by atomic mass is 19.1. The Morgan fingerprint density at radius 3 is 2.94 bits per heavy atom. The first-order valence-corrected chi connectivity index (χ1v) is 5.38. The number of rotatable bonds is 5. The van der Waals surface area contributed by atoms with Gasteiger partial charge in [0, 0.05) is 12.3 Å². The molecule has 3 nitrogen and oxygen atoms in total. The molecule has 0 N–H and O–H groups in total. The lowest BCUT2D eigenvalue weighted by Crippen LogP contribution is -2.07. The predicted molar refractivity (Wildman–Crippen MR) is 58.5 cm³/mol. The molecule has 16 heavy (non-hydrogen) atoms.